The number of nitrogens with zero attached hydrogens (tertiary/aromatic N) is 1. The van der Waals surface area contributed by atoms with Gasteiger partial charge in [0, 0.05) is 25.2 Å². The molecule has 5 nitrogen and oxygen atoms in total. The molecule has 96 valence electrons. The highest BCUT2D eigenvalue weighted by Crippen LogP contribution is 2.13. The standard InChI is InChI=1S/C10H23N3O2S/c1-4-11-10-5-7-13(8-6-10)16(14,15)12-9(2)3/h9-12H,4-8H2,1-3H3. The summed E-state index contributed by atoms with van der Waals surface area (Å²) in [6.07, 6.45) is 1.79. The highest BCUT2D eigenvalue weighted by Gasteiger charge is 2.27. The Balaban J connectivity index is 2.47. The average molecular weight is 249 g/mol. The van der Waals surface area contributed by atoms with Gasteiger partial charge in [0.1, 0.15) is 0 Å². The summed E-state index contributed by atoms with van der Waals surface area (Å²) >= 11 is 0. The van der Waals surface area contributed by atoms with Gasteiger partial charge in [-0.05, 0) is 33.2 Å². The Morgan fingerprint density at radius 1 is 1.31 bits per heavy atom. The van der Waals surface area contributed by atoms with E-state index >= 15 is 0 Å². The molecule has 0 unspecified atom stereocenters. The van der Waals surface area contributed by atoms with E-state index in [4.69, 9.17) is 0 Å². The number of nitrogens with one attached hydrogen (secondary N) is 2. The van der Waals surface area contributed by atoms with Crippen LogP contribution in [0.4, 0.5) is 0 Å². The first-order chi connectivity index (χ1) is 7.45. The SMILES string of the molecule is CCNC1CCN(S(=O)(=O)NC(C)C)CC1. The summed E-state index contributed by atoms with van der Waals surface area (Å²) < 4.78 is 27.9. The third-order valence-corrected chi connectivity index (χ3v) is 4.49. The second-order valence-corrected chi connectivity index (χ2v) is 6.21. The molecule has 0 amide bonds. The van der Waals surface area contributed by atoms with Crippen molar-refractivity contribution < 1.29 is 8.42 Å². The second-order valence-electron chi connectivity index (χ2n) is 4.51. The Hall–Kier alpha value is -0.170. The zero-order valence-corrected chi connectivity index (χ0v) is 11.2. The molecule has 1 aliphatic rings. The van der Waals surface area contributed by atoms with Gasteiger partial charge in [0.05, 0.1) is 0 Å². The third-order valence-electron chi connectivity index (χ3n) is 2.67. The smallest absolute Gasteiger partial charge is 0.279 e. The topological polar surface area (TPSA) is 61.4 Å². The van der Waals surface area contributed by atoms with Gasteiger partial charge in [-0.25, -0.2) is 0 Å². The van der Waals surface area contributed by atoms with Crippen LogP contribution in [0, 0.1) is 0 Å². The van der Waals surface area contributed by atoms with Crippen molar-refractivity contribution in [2.75, 3.05) is 19.6 Å². The van der Waals surface area contributed by atoms with Gasteiger partial charge < -0.3 is 5.32 Å². The van der Waals surface area contributed by atoms with E-state index in [1.165, 1.54) is 0 Å². The number of hydrogen-bond acceptors (Lipinski definition) is 3. The number of piperidine rings is 1. The molecule has 1 heterocycles. The van der Waals surface area contributed by atoms with E-state index in [2.05, 4.69) is 17.0 Å². The van der Waals surface area contributed by atoms with E-state index < -0.39 is 10.2 Å². The minimum atomic E-state index is -3.27. The zero-order valence-electron chi connectivity index (χ0n) is 10.4. The van der Waals surface area contributed by atoms with Gasteiger partial charge in [-0.3, -0.25) is 0 Å². The third kappa shape index (κ3) is 4.01. The summed E-state index contributed by atoms with van der Waals surface area (Å²) in [5, 5.41) is 3.36. The zero-order chi connectivity index (χ0) is 12.2. The van der Waals surface area contributed by atoms with Crippen molar-refractivity contribution in [2.45, 2.75) is 45.7 Å². The Morgan fingerprint density at radius 3 is 2.31 bits per heavy atom. The van der Waals surface area contributed by atoms with E-state index in [1.54, 1.807) is 4.31 Å². The molecule has 1 aliphatic heterocycles. The normalized spacial score (nSPS) is 20.5. The van der Waals surface area contributed by atoms with E-state index in [1.807, 2.05) is 13.8 Å². The molecule has 2 N–H and O–H groups in total. The molecule has 0 aliphatic carbocycles. The van der Waals surface area contributed by atoms with E-state index in [0.29, 0.717) is 19.1 Å². The van der Waals surface area contributed by atoms with Crippen molar-refractivity contribution >= 4 is 10.2 Å². The van der Waals surface area contributed by atoms with Crippen LogP contribution >= 0.6 is 0 Å². The van der Waals surface area contributed by atoms with E-state index in [0.717, 1.165) is 19.4 Å². The Labute approximate surface area is 98.8 Å². The van der Waals surface area contributed by atoms with Crippen LogP contribution in [0.15, 0.2) is 0 Å². The average Bonchev–Trinajstić information content (AvgIpc) is 2.17. The Kier molecular flexibility index (Phi) is 5.17. The maximum absolute atomic E-state index is 11.9. The lowest BCUT2D eigenvalue weighted by Gasteiger charge is -2.32. The fourth-order valence-corrected chi connectivity index (χ4v) is 3.40. The molecule has 0 aromatic heterocycles. The minimum Gasteiger partial charge on any atom is -0.314 e. The highest BCUT2D eigenvalue weighted by molar-refractivity contribution is 7.87. The Bertz CT molecular complexity index is 295. The molecule has 0 radical (unpaired) electrons. The predicted molar refractivity (Wildman–Crippen MR) is 65.5 cm³/mol. The first kappa shape index (κ1) is 13.9. The van der Waals surface area contributed by atoms with Crippen LogP contribution < -0.4 is 10.0 Å². The lowest BCUT2D eigenvalue weighted by atomic mass is 10.1. The van der Waals surface area contributed by atoms with Gasteiger partial charge in [0.25, 0.3) is 10.2 Å². The summed E-state index contributed by atoms with van der Waals surface area (Å²) in [5.41, 5.74) is 0. The molecule has 16 heavy (non-hydrogen) atoms. The summed E-state index contributed by atoms with van der Waals surface area (Å²) in [5.74, 6) is 0. The van der Waals surface area contributed by atoms with Gasteiger partial charge in [0.15, 0.2) is 0 Å². The lowest BCUT2D eigenvalue weighted by Crippen LogP contribution is -2.50. The van der Waals surface area contributed by atoms with Gasteiger partial charge in [-0.2, -0.15) is 17.4 Å². The van der Waals surface area contributed by atoms with Crippen LogP contribution in [-0.4, -0.2) is 44.4 Å². The van der Waals surface area contributed by atoms with Crippen LogP contribution in [0.25, 0.3) is 0 Å². The van der Waals surface area contributed by atoms with E-state index in [9.17, 15) is 8.42 Å². The molecular formula is C10H23N3O2S. The Morgan fingerprint density at radius 2 is 1.88 bits per heavy atom. The predicted octanol–water partition coefficient (Wildman–Crippen LogP) is 0.303. The monoisotopic (exact) mass is 249 g/mol. The summed E-state index contributed by atoms with van der Waals surface area (Å²) in [7, 11) is -3.27. The maximum Gasteiger partial charge on any atom is 0.279 e. The van der Waals surface area contributed by atoms with Crippen LogP contribution in [-0.2, 0) is 10.2 Å². The number of hydrogen-bond donors (Lipinski definition) is 2. The molecule has 1 saturated heterocycles. The van der Waals surface area contributed by atoms with Gasteiger partial charge in [-0.1, -0.05) is 6.92 Å². The molecule has 1 fully saturated rings. The van der Waals surface area contributed by atoms with Crippen LogP contribution in [0.5, 0.6) is 0 Å². The molecule has 0 atom stereocenters. The first-order valence-electron chi connectivity index (χ1n) is 5.96. The van der Waals surface area contributed by atoms with Gasteiger partial charge in [0.2, 0.25) is 0 Å². The molecule has 0 spiro atoms. The summed E-state index contributed by atoms with van der Waals surface area (Å²) in [4.78, 5) is 0. The number of rotatable bonds is 5. The van der Waals surface area contributed by atoms with Crippen molar-refractivity contribution in [3.05, 3.63) is 0 Å². The van der Waals surface area contributed by atoms with Crippen molar-refractivity contribution in [2.24, 2.45) is 0 Å². The molecule has 0 aromatic rings. The van der Waals surface area contributed by atoms with Crippen LogP contribution in [0.2, 0.25) is 0 Å². The quantitative estimate of drug-likeness (QED) is 0.737. The molecule has 1 rings (SSSR count). The van der Waals surface area contributed by atoms with Crippen molar-refractivity contribution in [3.8, 4) is 0 Å². The van der Waals surface area contributed by atoms with Crippen LogP contribution in [0.1, 0.15) is 33.6 Å². The lowest BCUT2D eigenvalue weighted by molar-refractivity contribution is 0.288. The van der Waals surface area contributed by atoms with Crippen molar-refractivity contribution in [1.82, 2.24) is 14.3 Å². The summed E-state index contributed by atoms with van der Waals surface area (Å²) in [6.45, 7) is 7.91. The molecule has 0 aromatic carbocycles. The second kappa shape index (κ2) is 5.95. The van der Waals surface area contributed by atoms with E-state index in [-0.39, 0.29) is 6.04 Å². The molecular weight excluding hydrogens is 226 g/mol. The fourth-order valence-electron chi connectivity index (χ4n) is 1.96. The largest absolute Gasteiger partial charge is 0.314 e. The highest BCUT2D eigenvalue weighted by atomic mass is 32.2. The molecule has 6 heteroatoms. The molecule has 0 saturated carbocycles. The minimum absolute atomic E-state index is 0.0449. The maximum atomic E-state index is 11.9. The first-order valence-corrected chi connectivity index (χ1v) is 7.40. The van der Waals surface area contributed by atoms with Gasteiger partial charge in [-0.15, -0.1) is 0 Å². The summed E-state index contributed by atoms with van der Waals surface area (Å²) in [6, 6.07) is 0.423. The van der Waals surface area contributed by atoms with Crippen molar-refractivity contribution in [3.63, 3.8) is 0 Å². The van der Waals surface area contributed by atoms with Crippen molar-refractivity contribution in [1.29, 1.82) is 0 Å². The fraction of sp³-hybridized carbons (Fsp3) is 1.00. The van der Waals surface area contributed by atoms with Crippen LogP contribution in [0.3, 0.4) is 0 Å². The van der Waals surface area contributed by atoms with Gasteiger partial charge >= 0.3 is 0 Å². The molecule has 0 bridgehead atoms.